The summed E-state index contributed by atoms with van der Waals surface area (Å²) in [6.07, 6.45) is 1.83. The molecule has 0 unspecified atom stereocenters. The molecule has 3 aromatic rings. The third-order valence-corrected chi connectivity index (χ3v) is 3.44. The van der Waals surface area contributed by atoms with Crippen molar-refractivity contribution < 1.29 is 4.74 Å². The van der Waals surface area contributed by atoms with Gasteiger partial charge in [0, 0.05) is 6.54 Å². The molecule has 0 amide bonds. The molecule has 0 fully saturated rings. The second-order valence-electron chi connectivity index (χ2n) is 4.81. The van der Waals surface area contributed by atoms with Crippen LogP contribution in [0.3, 0.4) is 0 Å². The van der Waals surface area contributed by atoms with Gasteiger partial charge in [-0.15, -0.1) is 0 Å². The van der Waals surface area contributed by atoms with E-state index in [9.17, 15) is 0 Å². The summed E-state index contributed by atoms with van der Waals surface area (Å²) in [4.78, 5) is 4.38. The van der Waals surface area contributed by atoms with Crippen molar-refractivity contribution >= 4 is 16.9 Å². The number of benzene rings is 2. The van der Waals surface area contributed by atoms with Crippen molar-refractivity contribution in [2.45, 2.75) is 6.54 Å². The van der Waals surface area contributed by atoms with Crippen LogP contribution in [0.1, 0.15) is 11.1 Å². The van der Waals surface area contributed by atoms with Gasteiger partial charge in [-0.3, -0.25) is 5.41 Å². The number of imidazole rings is 1. The molecule has 106 valence electrons. The molecular formula is C16H16N4O. The number of aromatic nitrogens is 2. The highest BCUT2D eigenvalue weighted by atomic mass is 16.5. The molecule has 0 atom stereocenters. The van der Waals surface area contributed by atoms with Gasteiger partial charge in [-0.1, -0.05) is 18.2 Å². The number of nitrogens with one attached hydrogen (secondary N) is 1. The molecular weight excluding hydrogens is 264 g/mol. The Labute approximate surface area is 122 Å². The molecule has 0 bridgehead atoms. The molecule has 0 aliphatic carbocycles. The molecule has 3 rings (SSSR count). The molecule has 21 heavy (non-hydrogen) atoms. The number of methoxy groups -OCH3 is 1. The lowest BCUT2D eigenvalue weighted by Gasteiger charge is -2.10. The van der Waals surface area contributed by atoms with Crippen molar-refractivity contribution in [3.8, 4) is 5.75 Å². The Morgan fingerprint density at radius 2 is 2.10 bits per heavy atom. The lowest BCUT2D eigenvalue weighted by atomic mass is 10.1. The summed E-state index contributed by atoms with van der Waals surface area (Å²) in [5.74, 6) is 0.621. The Morgan fingerprint density at radius 1 is 1.29 bits per heavy atom. The first-order valence-electron chi connectivity index (χ1n) is 6.60. The number of rotatable bonds is 4. The fraction of sp³-hybridized carbons (Fsp3) is 0.125. The zero-order valence-electron chi connectivity index (χ0n) is 11.7. The van der Waals surface area contributed by atoms with Crippen LogP contribution >= 0.6 is 0 Å². The predicted molar refractivity (Wildman–Crippen MR) is 82.8 cm³/mol. The molecule has 0 aliphatic heterocycles. The number of nitrogens with zero attached hydrogens (tertiary/aromatic N) is 2. The number of hydrogen-bond acceptors (Lipinski definition) is 3. The zero-order valence-corrected chi connectivity index (χ0v) is 11.7. The van der Waals surface area contributed by atoms with E-state index in [0.29, 0.717) is 17.9 Å². The van der Waals surface area contributed by atoms with Gasteiger partial charge in [0.05, 0.1) is 30.0 Å². The SMILES string of the molecule is COc1cc(Cn2cnc3ccccc32)ccc1C(=N)N. The van der Waals surface area contributed by atoms with Gasteiger partial charge in [-0.2, -0.15) is 0 Å². The Bertz CT molecular complexity index is 807. The molecule has 5 heteroatoms. The zero-order chi connectivity index (χ0) is 14.8. The van der Waals surface area contributed by atoms with Crippen LogP contribution in [0.25, 0.3) is 11.0 Å². The van der Waals surface area contributed by atoms with E-state index >= 15 is 0 Å². The molecule has 3 N–H and O–H groups in total. The monoisotopic (exact) mass is 280 g/mol. The average molecular weight is 280 g/mol. The molecule has 0 radical (unpaired) electrons. The van der Waals surface area contributed by atoms with Crippen LogP contribution in [0.15, 0.2) is 48.8 Å². The predicted octanol–water partition coefficient (Wildman–Crippen LogP) is 2.38. The summed E-state index contributed by atoms with van der Waals surface area (Å²) >= 11 is 0. The highest BCUT2D eigenvalue weighted by Crippen LogP contribution is 2.21. The number of amidine groups is 1. The Hall–Kier alpha value is -2.82. The van der Waals surface area contributed by atoms with Crippen molar-refractivity contribution in [3.05, 3.63) is 59.9 Å². The van der Waals surface area contributed by atoms with Gasteiger partial charge in [0.1, 0.15) is 11.6 Å². The Morgan fingerprint density at radius 3 is 2.86 bits per heavy atom. The second kappa shape index (κ2) is 5.28. The number of hydrogen-bond donors (Lipinski definition) is 2. The Balaban J connectivity index is 1.96. The van der Waals surface area contributed by atoms with Crippen molar-refractivity contribution in [1.29, 1.82) is 5.41 Å². The number of nitrogen functional groups attached to an aromatic ring is 1. The van der Waals surface area contributed by atoms with Crippen LogP contribution in [0, 0.1) is 5.41 Å². The van der Waals surface area contributed by atoms with Crippen molar-refractivity contribution in [1.82, 2.24) is 9.55 Å². The topological polar surface area (TPSA) is 76.9 Å². The molecule has 0 spiro atoms. The largest absolute Gasteiger partial charge is 0.496 e. The van der Waals surface area contributed by atoms with Gasteiger partial charge in [0.15, 0.2) is 0 Å². The summed E-state index contributed by atoms with van der Waals surface area (Å²) in [7, 11) is 1.58. The summed E-state index contributed by atoms with van der Waals surface area (Å²) in [5.41, 5.74) is 9.28. The highest BCUT2D eigenvalue weighted by molar-refractivity contribution is 5.97. The van der Waals surface area contributed by atoms with Crippen LogP contribution in [0.5, 0.6) is 5.75 Å². The van der Waals surface area contributed by atoms with E-state index in [1.54, 1.807) is 7.11 Å². The molecule has 1 heterocycles. The Kier molecular flexibility index (Phi) is 3.31. The van der Waals surface area contributed by atoms with E-state index in [1.165, 1.54) is 0 Å². The standard InChI is InChI=1S/C16H16N4O/c1-21-15-8-11(6-7-12(15)16(17)18)9-20-10-19-13-4-2-3-5-14(13)20/h2-8,10H,9H2,1H3,(H3,17,18). The van der Waals surface area contributed by atoms with Crippen LogP contribution in [-0.2, 0) is 6.54 Å². The summed E-state index contributed by atoms with van der Waals surface area (Å²) < 4.78 is 7.39. The van der Waals surface area contributed by atoms with Crippen LogP contribution < -0.4 is 10.5 Å². The maximum atomic E-state index is 7.54. The van der Waals surface area contributed by atoms with Crippen molar-refractivity contribution in [2.24, 2.45) is 5.73 Å². The lowest BCUT2D eigenvalue weighted by Crippen LogP contribution is -2.13. The fourth-order valence-electron chi connectivity index (χ4n) is 2.39. The molecule has 5 nitrogen and oxygen atoms in total. The van der Waals surface area contributed by atoms with Crippen molar-refractivity contribution in [2.75, 3.05) is 7.11 Å². The quantitative estimate of drug-likeness (QED) is 0.569. The average Bonchev–Trinajstić information content (AvgIpc) is 2.90. The lowest BCUT2D eigenvalue weighted by molar-refractivity contribution is 0.413. The summed E-state index contributed by atoms with van der Waals surface area (Å²) in [6, 6.07) is 13.7. The normalized spacial score (nSPS) is 10.7. The van der Waals surface area contributed by atoms with Crippen molar-refractivity contribution in [3.63, 3.8) is 0 Å². The van der Waals surface area contributed by atoms with E-state index < -0.39 is 0 Å². The van der Waals surface area contributed by atoms with E-state index in [4.69, 9.17) is 15.9 Å². The van der Waals surface area contributed by atoms with Gasteiger partial charge in [0.25, 0.3) is 0 Å². The van der Waals surface area contributed by atoms with E-state index in [2.05, 4.69) is 9.55 Å². The van der Waals surface area contributed by atoms with Crippen LogP contribution in [-0.4, -0.2) is 22.5 Å². The molecule has 2 aromatic carbocycles. The van der Waals surface area contributed by atoms with Gasteiger partial charge in [-0.25, -0.2) is 4.98 Å². The number of ether oxygens (including phenoxy) is 1. The number of para-hydroxylation sites is 2. The van der Waals surface area contributed by atoms with Gasteiger partial charge >= 0.3 is 0 Å². The molecule has 0 saturated carbocycles. The first-order chi connectivity index (χ1) is 10.2. The highest BCUT2D eigenvalue weighted by Gasteiger charge is 2.08. The molecule has 0 saturated heterocycles. The summed E-state index contributed by atoms with van der Waals surface area (Å²) in [5, 5.41) is 7.54. The molecule has 0 aliphatic rings. The number of fused-ring (bicyclic) bond motifs is 1. The first-order valence-corrected chi connectivity index (χ1v) is 6.60. The van der Waals surface area contributed by atoms with E-state index in [-0.39, 0.29) is 5.84 Å². The third-order valence-electron chi connectivity index (χ3n) is 3.44. The third kappa shape index (κ3) is 2.45. The van der Waals surface area contributed by atoms with Crippen LogP contribution in [0.2, 0.25) is 0 Å². The minimum Gasteiger partial charge on any atom is -0.496 e. The van der Waals surface area contributed by atoms with Gasteiger partial charge < -0.3 is 15.0 Å². The second-order valence-corrected chi connectivity index (χ2v) is 4.81. The van der Waals surface area contributed by atoms with E-state index in [0.717, 1.165) is 16.6 Å². The summed E-state index contributed by atoms with van der Waals surface area (Å²) in [6.45, 7) is 0.690. The number of nitrogens with two attached hydrogens (primary N) is 1. The maximum absolute atomic E-state index is 7.54. The van der Waals surface area contributed by atoms with E-state index in [1.807, 2.05) is 48.8 Å². The maximum Gasteiger partial charge on any atom is 0.130 e. The fourth-order valence-corrected chi connectivity index (χ4v) is 2.39. The minimum absolute atomic E-state index is 0.00600. The van der Waals surface area contributed by atoms with Gasteiger partial charge in [0.2, 0.25) is 0 Å². The molecule has 1 aromatic heterocycles. The van der Waals surface area contributed by atoms with Gasteiger partial charge in [-0.05, 0) is 29.8 Å². The first kappa shape index (κ1) is 13.2. The smallest absolute Gasteiger partial charge is 0.130 e. The minimum atomic E-state index is 0.00600. The van der Waals surface area contributed by atoms with Crippen LogP contribution in [0.4, 0.5) is 0 Å².